The van der Waals surface area contributed by atoms with Gasteiger partial charge in [-0.1, -0.05) is 19.8 Å². The van der Waals surface area contributed by atoms with Gasteiger partial charge in [0.2, 0.25) is 10.0 Å². The zero-order chi connectivity index (χ0) is 13.9. The van der Waals surface area contributed by atoms with E-state index in [2.05, 4.69) is 16.6 Å². The average Bonchev–Trinajstić information content (AvgIpc) is 2.82. The molecule has 1 aromatic rings. The van der Waals surface area contributed by atoms with E-state index in [0.29, 0.717) is 18.4 Å². The summed E-state index contributed by atoms with van der Waals surface area (Å²) < 4.78 is 26.8. The van der Waals surface area contributed by atoms with Gasteiger partial charge in [0, 0.05) is 12.7 Å². The zero-order valence-corrected chi connectivity index (χ0v) is 11.7. The largest absolute Gasteiger partial charge is 0.244 e. The second kappa shape index (κ2) is 5.68. The van der Waals surface area contributed by atoms with E-state index >= 15 is 0 Å². The molecule has 0 radical (unpaired) electrons. The number of aromatic nitrogens is 1. The van der Waals surface area contributed by atoms with E-state index in [9.17, 15) is 8.42 Å². The Morgan fingerprint density at radius 2 is 2.26 bits per heavy atom. The van der Waals surface area contributed by atoms with Gasteiger partial charge in [-0.3, -0.25) is 0 Å². The van der Waals surface area contributed by atoms with Crippen molar-refractivity contribution in [3.8, 4) is 6.07 Å². The monoisotopic (exact) mass is 279 g/mol. The maximum Gasteiger partial charge on any atom is 0.242 e. The third-order valence-corrected chi connectivity index (χ3v) is 5.14. The molecule has 2 atom stereocenters. The lowest BCUT2D eigenvalue weighted by atomic mass is 9.99. The maximum atomic E-state index is 12.1. The highest BCUT2D eigenvalue weighted by molar-refractivity contribution is 7.89. The molecule has 102 valence electrons. The van der Waals surface area contributed by atoms with Gasteiger partial charge in [-0.25, -0.2) is 18.1 Å². The molecule has 0 amide bonds. The highest BCUT2D eigenvalue weighted by Gasteiger charge is 2.25. The molecule has 1 N–H and O–H groups in total. The van der Waals surface area contributed by atoms with Crippen molar-refractivity contribution in [1.29, 1.82) is 5.26 Å². The van der Waals surface area contributed by atoms with Crippen molar-refractivity contribution in [3.63, 3.8) is 0 Å². The van der Waals surface area contributed by atoms with Crippen molar-refractivity contribution >= 4 is 10.0 Å². The molecule has 1 aromatic heterocycles. The van der Waals surface area contributed by atoms with Gasteiger partial charge in [0.1, 0.15) is 16.7 Å². The first-order valence-electron chi connectivity index (χ1n) is 6.39. The van der Waals surface area contributed by atoms with E-state index in [4.69, 9.17) is 5.26 Å². The Hall–Kier alpha value is -1.45. The summed E-state index contributed by atoms with van der Waals surface area (Å²) in [5.41, 5.74) is 0.211. The first-order valence-corrected chi connectivity index (χ1v) is 7.87. The number of pyridine rings is 1. The van der Waals surface area contributed by atoms with Gasteiger partial charge >= 0.3 is 0 Å². The molecule has 0 bridgehead atoms. The Kier molecular flexibility index (Phi) is 4.17. The molecule has 1 heterocycles. The van der Waals surface area contributed by atoms with Crippen LogP contribution in [-0.4, -0.2) is 19.9 Å². The van der Waals surface area contributed by atoms with Crippen molar-refractivity contribution in [2.24, 2.45) is 11.8 Å². The summed E-state index contributed by atoms with van der Waals surface area (Å²) in [5, 5.41) is 8.63. The maximum absolute atomic E-state index is 12.1. The summed E-state index contributed by atoms with van der Waals surface area (Å²) in [5.74, 6) is 0.989. The quantitative estimate of drug-likeness (QED) is 0.908. The van der Waals surface area contributed by atoms with Crippen molar-refractivity contribution in [2.45, 2.75) is 31.1 Å². The lowest BCUT2D eigenvalue weighted by molar-refractivity contribution is 0.414. The average molecular weight is 279 g/mol. The van der Waals surface area contributed by atoms with E-state index in [1.807, 2.05) is 6.07 Å². The van der Waals surface area contributed by atoms with Crippen LogP contribution in [-0.2, 0) is 10.0 Å². The number of hydrogen-bond donors (Lipinski definition) is 1. The fourth-order valence-electron chi connectivity index (χ4n) is 2.43. The van der Waals surface area contributed by atoms with Crippen LogP contribution in [0, 0.1) is 23.2 Å². The number of sulfonamides is 1. The fraction of sp³-hybridized carbons (Fsp3) is 0.538. The Labute approximate surface area is 113 Å². The Balaban J connectivity index is 2.03. The first kappa shape index (κ1) is 14.0. The zero-order valence-electron chi connectivity index (χ0n) is 10.8. The molecule has 1 aliphatic rings. The molecule has 0 aromatic carbocycles. The van der Waals surface area contributed by atoms with Gasteiger partial charge in [-0.2, -0.15) is 5.26 Å². The van der Waals surface area contributed by atoms with Crippen LogP contribution < -0.4 is 4.72 Å². The molecule has 0 saturated heterocycles. The molecule has 19 heavy (non-hydrogen) atoms. The summed E-state index contributed by atoms with van der Waals surface area (Å²) in [6.45, 7) is 2.64. The molecule has 2 unspecified atom stereocenters. The molecule has 2 rings (SSSR count). The minimum Gasteiger partial charge on any atom is -0.244 e. The van der Waals surface area contributed by atoms with E-state index in [-0.39, 0.29) is 10.6 Å². The number of nitrogens with one attached hydrogen (secondary N) is 1. The Morgan fingerprint density at radius 1 is 1.47 bits per heavy atom. The van der Waals surface area contributed by atoms with Crippen LogP contribution in [0.4, 0.5) is 0 Å². The highest BCUT2D eigenvalue weighted by Crippen LogP contribution is 2.30. The van der Waals surface area contributed by atoms with Crippen molar-refractivity contribution < 1.29 is 8.42 Å². The third-order valence-electron chi connectivity index (χ3n) is 3.74. The minimum absolute atomic E-state index is 0.108. The van der Waals surface area contributed by atoms with Gasteiger partial charge in [-0.05, 0) is 30.4 Å². The Bertz CT molecular complexity index is 575. The highest BCUT2D eigenvalue weighted by atomic mass is 32.2. The second-order valence-corrected chi connectivity index (χ2v) is 6.78. The van der Waals surface area contributed by atoms with Crippen LogP contribution in [0.1, 0.15) is 31.9 Å². The predicted octanol–water partition coefficient (Wildman–Crippen LogP) is 1.67. The standard InChI is InChI=1S/C13H17N3O2S/c1-10-3-2-4-11(10)8-16-19(17,18)13-6-5-12(7-14)15-9-13/h5-6,9-11,16H,2-4,8H2,1H3. The number of rotatable bonds is 4. The van der Waals surface area contributed by atoms with Crippen LogP contribution in [0.3, 0.4) is 0 Å². The van der Waals surface area contributed by atoms with Crippen LogP contribution in [0.2, 0.25) is 0 Å². The van der Waals surface area contributed by atoms with E-state index in [1.54, 1.807) is 0 Å². The molecule has 1 aliphatic carbocycles. The summed E-state index contributed by atoms with van der Waals surface area (Å²) in [6.07, 6.45) is 4.64. The molecular formula is C13H17N3O2S. The second-order valence-electron chi connectivity index (χ2n) is 5.01. The fourth-order valence-corrected chi connectivity index (χ4v) is 3.47. The smallest absolute Gasteiger partial charge is 0.242 e. The van der Waals surface area contributed by atoms with Crippen molar-refractivity contribution in [1.82, 2.24) is 9.71 Å². The van der Waals surface area contributed by atoms with E-state index in [1.165, 1.54) is 31.2 Å². The van der Waals surface area contributed by atoms with E-state index in [0.717, 1.165) is 6.42 Å². The van der Waals surface area contributed by atoms with Gasteiger partial charge in [0.15, 0.2) is 0 Å². The summed E-state index contributed by atoms with van der Waals surface area (Å²) in [6, 6.07) is 4.68. The number of nitriles is 1. The third kappa shape index (κ3) is 3.31. The lowest BCUT2D eigenvalue weighted by Crippen LogP contribution is -2.30. The first-order chi connectivity index (χ1) is 9.03. The van der Waals surface area contributed by atoms with Gasteiger partial charge < -0.3 is 0 Å². The van der Waals surface area contributed by atoms with Crippen molar-refractivity contribution in [2.75, 3.05) is 6.54 Å². The lowest BCUT2D eigenvalue weighted by Gasteiger charge is -2.15. The van der Waals surface area contributed by atoms with Crippen LogP contribution in [0.25, 0.3) is 0 Å². The summed E-state index contributed by atoms with van der Waals surface area (Å²) >= 11 is 0. The summed E-state index contributed by atoms with van der Waals surface area (Å²) in [7, 11) is -3.52. The van der Waals surface area contributed by atoms with Gasteiger partial charge in [0.05, 0.1) is 0 Å². The normalized spacial score (nSPS) is 23.2. The number of nitrogens with zero attached hydrogens (tertiary/aromatic N) is 2. The van der Waals surface area contributed by atoms with Gasteiger partial charge in [-0.15, -0.1) is 0 Å². The molecule has 5 nitrogen and oxygen atoms in total. The molecule has 1 saturated carbocycles. The summed E-state index contributed by atoms with van der Waals surface area (Å²) in [4.78, 5) is 3.89. The van der Waals surface area contributed by atoms with Crippen LogP contribution >= 0.6 is 0 Å². The predicted molar refractivity (Wildman–Crippen MR) is 70.6 cm³/mol. The minimum atomic E-state index is -3.52. The topological polar surface area (TPSA) is 82.9 Å². The number of hydrogen-bond acceptors (Lipinski definition) is 4. The van der Waals surface area contributed by atoms with Gasteiger partial charge in [0.25, 0.3) is 0 Å². The molecule has 1 fully saturated rings. The Morgan fingerprint density at radius 3 is 2.79 bits per heavy atom. The van der Waals surface area contributed by atoms with E-state index < -0.39 is 10.0 Å². The van der Waals surface area contributed by atoms with Crippen LogP contribution in [0.15, 0.2) is 23.2 Å². The molecule has 6 heteroatoms. The molecular weight excluding hydrogens is 262 g/mol. The van der Waals surface area contributed by atoms with Crippen molar-refractivity contribution in [3.05, 3.63) is 24.0 Å². The SMILES string of the molecule is CC1CCCC1CNS(=O)(=O)c1ccc(C#N)nc1. The molecule has 0 aliphatic heterocycles. The van der Waals surface area contributed by atoms with Crippen LogP contribution in [0.5, 0.6) is 0 Å². The molecule has 0 spiro atoms.